The Hall–Kier alpha value is -3.01. The Balaban J connectivity index is 1.80. The smallest absolute Gasteiger partial charge is 0.156 e. The number of nitrogens with zero attached hydrogens (tertiary/aromatic N) is 3. The molecule has 26 heavy (non-hydrogen) atoms. The summed E-state index contributed by atoms with van der Waals surface area (Å²) >= 11 is 0. The molecule has 0 aliphatic carbocycles. The highest BCUT2D eigenvalue weighted by Crippen LogP contribution is 2.47. The van der Waals surface area contributed by atoms with Gasteiger partial charge < -0.3 is 14.2 Å². The van der Waals surface area contributed by atoms with Crippen molar-refractivity contribution in [2.45, 2.75) is 26.9 Å². The first-order valence-electron chi connectivity index (χ1n) is 8.96. The zero-order chi connectivity index (χ0) is 18.0. The Morgan fingerprint density at radius 1 is 0.962 bits per heavy atom. The summed E-state index contributed by atoms with van der Waals surface area (Å²) in [4.78, 5) is 9.09. The number of hydrogen-bond acceptors (Lipinski definition) is 4. The lowest BCUT2D eigenvalue weighted by atomic mass is 10.1. The molecule has 3 heterocycles. The molecular formula is C22H21N3O. The van der Waals surface area contributed by atoms with Gasteiger partial charge in [0.05, 0.1) is 17.1 Å². The fourth-order valence-corrected chi connectivity index (χ4v) is 4.07. The zero-order valence-corrected chi connectivity index (χ0v) is 15.4. The van der Waals surface area contributed by atoms with Crippen molar-refractivity contribution in [2.75, 3.05) is 16.8 Å². The van der Waals surface area contributed by atoms with E-state index in [0.29, 0.717) is 0 Å². The van der Waals surface area contributed by atoms with Gasteiger partial charge in [-0.2, -0.15) is 0 Å². The van der Waals surface area contributed by atoms with Crippen LogP contribution in [0.4, 0.5) is 17.1 Å². The van der Waals surface area contributed by atoms with Crippen molar-refractivity contribution in [1.29, 1.82) is 0 Å². The summed E-state index contributed by atoms with van der Waals surface area (Å²) < 4.78 is 6.19. The molecular weight excluding hydrogens is 322 g/mol. The number of hydrogen-bond donors (Lipinski definition) is 0. The second-order valence-electron chi connectivity index (χ2n) is 7.11. The van der Waals surface area contributed by atoms with E-state index in [1.54, 1.807) is 0 Å². The van der Waals surface area contributed by atoms with Crippen molar-refractivity contribution in [1.82, 2.24) is 4.98 Å². The van der Waals surface area contributed by atoms with Gasteiger partial charge in [-0.05, 0) is 44.5 Å². The van der Waals surface area contributed by atoms with Crippen LogP contribution in [0.2, 0.25) is 0 Å². The van der Waals surface area contributed by atoms with E-state index in [9.17, 15) is 0 Å². The SMILES string of the molecule is Cc1ccccc1N1c2cc3oc4c(C)nccc4c3cc2N(C)[C@@H]1C. The maximum atomic E-state index is 6.19. The number of aromatic nitrogens is 1. The van der Waals surface area contributed by atoms with Gasteiger partial charge in [0.2, 0.25) is 0 Å². The van der Waals surface area contributed by atoms with Crippen molar-refractivity contribution in [3.8, 4) is 0 Å². The molecule has 0 radical (unpaired) electrons. The molecule has 0 fully saturated rings. The van der Waals surface area contributed by atoms with Crippen LogP contribution < -0.4 is 9.80 Å². The van der Waals surface area contributed by atoms with Crippen LogP contribution in [-0.4, -0.2) is 18.2 Å². The van der Waals surface area contributed by atoms with Crippen molar-refractivity contribution < 1.29 is 4.42 Å². The number of benzene rings is 2. The van der Waals surface area contributed by atoms with Gasteiger partial charge in [-0.15, -0.1) is 0 Å². The average Bonchev–Trinajstić information content (AvgIpc) is 3.11. The lowest BCUT2D eigenvalue weighted by Gasteiger charge is -2.28. The summed E-state index contributed by atoms with van der Waals surface area (Å²) in [6.07, 6.45) is 2.10. The molecule has 0 bridgehead atoms. The molecule has 4 nitrogen and oxygen atoms in total. The van der Waals surface area contributed by atoms with Gasteiger partial charge in [-0.25, -0.2) is 0 Å². The minimum Gasteiger partial charge on any atom is -0.454 e. The lowest BCUT2D eigenvalue weighted by Crippen LogP contribution is -2.35. The van der Waals surface area contributed by atoms with Gasteiger partial charge in [0.25, 0.3) is 0 Å². The molecule has 0 spiro atoms. The molecule has 1 aliphatic rings. The van der Waals surface area contributed by atoms with Crippen LogP contribution >= 0.6 is 0 Å². The molecule has 4 aromatic rings. The number of para-hydroxylation sites is 1. The third-order valence-electron chi connectivity index (χ3n) is 5.61. The monoisotopic (exact) mass is 343 g/mol. The number of anilines is 3. The van der Waals surface area contributed by atoms with Crippen molar-refractivity contribution >= 4 is 39.0 Å². The van der Waals surface area contributed by atoms with Crippen LogP contribution in [0.1, 0.15) is 18.2 Å². The summed E-state index contributed by atoms with van der Waals surface area (Å²) in [6.45, 7) is 6.39. The van der Waals surface area contributed by atoms with E-state index in [1.807, 2.05) is 19.2 Å². The topological polar surface area (TPSA) is 32.5 Å². The van der Waals surface area contributed by atoms with Crippen LogP contribution in [0.5, 0.6) is 0 Å². The van der Waals surface area contributed by atoms with Crippen LogP contribution in [-0.2, 0) is 0 Å². The van der Waals surface area contributed by atoms with E-state index in [0.717, 1.165) is 27.6 Å². The Morgan fingerprint density at radius 3 is 2.58 bits per heavy atom. The molecule has 2 aromatic carbocycles. The molecule has 2 aromatic heterocycles. The highest BCUT2D eigenvalue weighted by molar-refractivity contribution is 6.09. The molecule has 0 saturated carbocycles. The van der Waals surface area contributed by atoms with Gasteiger partial charge in [-0.3, -0.25) is 4.98 Å². The van der Waals surface area contributed by atoms with Crippen LogP contribution in [0.25, 0.3) is 21.9 Å². The standard InChI is InChI=1S/C22H21N3O/c1-13-7-5-6-8-18(13)25-15(3)24(4)19-11-17-16-9-10-23-14(2)22(16)26-21(17)12-20(19)25/h5-12,15H,1-4H3/t15-/m0/s1. The minimum absolute atomic E-state index is 0.243. The van der Waals surface area contributed by atoms with Gasteiger partial charge in [0.1, 0.15) is 11.7 Å². The molecule has 0 saturated heterocycles. The van der Waals surface area contributed by atoms with E-state index < -0.39 is 0 Å². The quantitative estimate of drug-likeness (QED) is 0.455. The minimum atomic E-state index is 0.243. The number of furan rings is 1. The Kier molecular flexibility index (Phi) is 3.08. The molecule has 0 amide bonds. The largest absolute Gasteiger partial charge is 0.454 e. The lowest BCUT2D eigenvalue weighted by molar-refractivity contribution is 0.662. The molecule has 0 unspecified atom stereocenters. The molecule has 130 valence electrons. The predicted molar refractivity (Wildman–Crippen MR) is 107 cm³/mol. The Bertz CT molecular complexity index is 1160. The second-order valence-corrected chi connectivity index (χ2v) is 7.11. The first-order chi connectivity index (χ1) is 12.6. The molecule has 0 N–H and O–H groups in total. The average molecular weight is 343 g/mol. The maximum Gasteiger partial charge on any atom is 0.156 e. The Morgan fingerprint density at radius 2 is 1.77 bits per heavy atom. The predicted octanol–water partition coefficient (Wildman–Crippen LogP) is 5.53. The molecule has 5 rings (SSSR count). The third-order valence-corrected chi connectivity index (χ3v) is 5.61. The van der Waals surface area contributed by atoms with Crippen LogP contribution in [0.3, 0.4) is 0 Å². The summed E-state index contributed by atoms with van der Waals surface area (Å²) in [7, 11) is 2.16. The summed E-state index contributed by atoms with van der Waals surface area (Å²) in [5.41, 5.74) is 7.64. The number of aryl methyl sites for hydroxylation is 2. The normalized spacial score (nSPS) is 16.7. The first kappa shape index (κ1) is 15.3. The first-order valence-corrected chi connectivity index (χ1v) is 8.96. The van der Waals surface area contributed by atoms with E-state index in [-0.39, 0.29) is 6.17 Å². The summed E-state index contributed by atoms with van der Waals surface area (Å²) in [6, 6.07) is 15.0. The van der Waals surface area contributed by atoms with E-state index in [4.69, 9.17) is 4.42 Å². The third kappa shape index (κ3) is 1.93. The summed E-state index contributed by atoms with van der Waals surface area (Å²) in [5.74, 6) is 0. The zero-order valence-electron chi connectivity index (χ0n) is 15.4. The highest BCUT2D eigenvalue weighted by Gasteiger charge is 2.33. The van der Waals surface area contributed by atoms with Crippen LogP contribution in [0.15, 0.2) is 53.1 Å². The molecule has 1 aliphatic heterocycles. The molecule has 1 atom stereocenters. The van der Waals surface area contributed by atoms with Gasteiger partial charge in [0.15, 0.2) is 5.58 Å². The fourth-order valence-electron chi connectivity index (χ4n) is 4.07. The maximum absolute atomic E-state index is 6.19. The van der Waals surface area contributed by atoms with Gasteiger partial charge in [0, 0.05) is 35.8 Å². The summed E-state index contributed by atoms with van der Waals surface area (Å²) in [5, 5.41) is 2.28. The second kappa shape index (κ2) is 5.24. The van der Waals surface area contributed by atoms with E-state index in [2.05, 4.69) is 72.1 Å². The van der Waals surface area contributed by atoms with Crippen LogP contribution in [0, 0.1) is 13.8 Å². The molecule has 4 heteroatoms. The van der Waals surface area contributed by atoms with E-state index in [1.165, 1.54) is 22.6 Å². The van der Waals surface area contributed by atoms with Gasteiger partial charge >= 0.3 is 0 Å². The number of pyridine rings is 1. The van der Waals surface area contributed by atoms with Gasteiger partial charge in [-0.1, -0.05) is 18.2 Å². The van der Waals surface area contributed by atoms with Crippen molar-refractivity contribution in [3.05, 3.63) is 59.9 Å². The fraction of sp³-hybridized carbons (Fsp3) is 0.227. The number of rotatable bonds is 1. The number of fused-ring (bicyclic) bond motifs is 4. The van der Waals surface area contributed by atoms with Crippen molar-refractivity contribution in [2.24, 2.45) is 0 Å². The highest BCUT2D eigenvalue weighted by atomic mass is 16.3. The van der Waals surface area contributed by atoms with E-state index >= 15 is 0 Å². The Labute approximate surface area is 152 Å². The van der Waals surface area contributed by atoms with Crippen molar-refractivity contribution in [3.63, 3.8) is 0 Å².